The summed E-state index contributed by atoms with van der Waals surface area (Å²) in [6.45, 7) is 2.51. The van der Waals surface area contributed by atoms with Crippen LogP contribution in [0, 0.1) is 0 Å². The summed E-state index contributed by atoms with van der Waals surface area (Å²) in [5.74, 6) is 0. The summed E-state index contributed by atoms with van der Waals surface area (Å²) < 4.78 is 2.19. The molecule has 20 heavy (non-hydrogen) atoms. The first-order valence-electron chi connectivity index (χ1n) is 7.21. The molecule has 0 spiro atoms. The molecule has 1 saturated heterocycles. The fraction of sp³-hybridized carbons (Fsp3) is 0.500. The van der Waals surface area contributed by atoms with E-state index in [2.05, 4.69) is 41.9 Å². The van der Waals surface area contributed by atoms with Gasteiger partial charge in [0.25, 0.3) is 0 Å². The molecule has 1 aliphatic rings. The number of aliphatic hydroxyl groups is 1. The normalized spacial score (nSPS) is 17.9. The quantitative estimate of drug-likeness (QED) is 0.942. The van der Waals surface area contributed by atoms with Gasteiger partial charge in [-0.2, -0.15) is 0 Å². The van der Waals surface area contributed by atoms with E-state index in [9.17, 15) is 5.11 Å². The van der Waals surface area contributed by atoms with Gasteiger partial charge in [-0.15, -0.1) is 11.8 Å². The number of likely N-dealkylation sites (tertiary alicyclic amines) is 1. The van der Waals surface area contributed by atoms with E-state index in [1.54, 1.807) is 0 Å². The van der Waals surface area contributed by atoms with Gasteiger partial charge in [0.05, 0.1) is 6.61 Å². The topological polar surface area (TPSA) is 28.4 Å². The molecule has 0 aliphatic carbocycles. The number of nitrogens with zero attached hydrogens (tertiary/aromatic N) is 2. The number of aliphatic hydroxyl groups excluding tert-OH is 1. The minimum absolute atomic E-state index is 0.114. The molecular formula is C16H22N2OS. The zero-order chi connectivity index (χ0) is 14.1. The highest BCUT2D eigenvalue weighted by Gasteiger charge is 2.19. The zero-order valence-electron chi connectivity index (χ0n) is 12.2. The number of aryl methyl sites for hydroxylation is 1. The first-order chi connectivity index (χ1) is 9.67. The monoisotopic (exact) mass is 290 g/mol. The molecule has 0 radical (unpaired) electrons. The molecule has 3 rings (SSSR count). The van der Waals surface area contributed by atoms with Gasteiger partial charge in [0, 0.05) is 34.3 Å². The lowest BCUT2D eigenvalue weighted by molar-refractivity contribution is 0.282. The Balaban J connectivity index is 1.87. The van der Waals surface area contributed by atoms with E-state index in [0.29, 0.717) is 0 Å². The van der Waals surface area contributed by atoms with Crippen LogP contribution in [-0.4, -0.2) is 40.0 Å². The maximum atomic E-state index is 9.33. The lowest BCUT2D eigenvalue weighted by atomic mass is 10.1. The van der Waals surface area contributed by atoms with Crippen LogP contribution in [0.3, 0.4) is 0 Å². The number of thioether (sulfide) groups is 1. The van der Waals surface area contributed by atoms with Crippen molar-refractivity contribution < 1.29 is 5.11 Å². The van der Waals surface area contributed by atoms with Crippen molar-refractivity contribution in [3.8, 4) is 0 Å². The third-order valence-electron chi connectivity index (χ3n) is 4.16. The average molecular weight is 290 g/mol. The molecule has 4 heteroatoms. The minimum Gasteiger partial charge on any atom is -0.392 e. The second-order valence-electron chi connectivity index (χ2n) is 5.73. The molecule has 1 aromatic heterocycles. The van der Waals surface area contributed by atoms with Crippen molar-refractivity contribution in [2.24, 2.45) is 7.05 Å². The summed E-state index contributed by atoms with van der Waals surface area (Å²) in [5, 5.41) is 11.3. The molecule has 2 heterocycles. The van der Waals surface area contributed by atoms with Gasteiger partial charge < -0.3 is 14.6 Å². The van der Waals surface area contributed by atoms with Gasteiger partial charge in [-0.3, -0.25) is 0 Å². The Morgan fingerprint density at radius 2 is 2.00 bits per heavy atom. The number of hydrogen-bond donors (Lipinski definition) is 1. The summed E-state index contributed by atoms with van der Waals surface area (Å²) in [4.78, 5) is 3.76. The van der Waals surface area contributed by atoms with Gasteiger partial charge >= 0.3 is 0 Å². The van der Waals surface area contributed by atoms with Crippen molar-refractivity contribution in [3.05, 3.63) is 30.0 Å². The van der Waals surface area contributed by atoms with Gasteiger partial charge in [0.1, 0.15) is 0 Å². The summed E-state index contributed by atoms with van der Waals surface area (Å²) in [6.07, 6.45) is 4.75. The van der Waals surface area contributed by atoms with Gasteiger partial charge in [0.2, 0.25) is 0 Å². The molecule has 2 aromatic rings. The molecule has 0 bridgehead atoms. The number of aromatic nitrogens is 1. The largest absolute Gasteiger partial charge is 0.392 e. The Morgan fingerprint density at radius 3 is 2.70 bits per heavy atom. The molecule has 0 saturated carbocycles. The molecule has 1 aliphatic heterocycles. The van der Waals surface area contributed by atoms with E-state index >= 15 is 0 Å². The van der Waals surface area contributed by atoms with Crippen LogP contribution in [0.5, 0.6) is 0 Å². The summed E-state index contributed by atoms with van der Waals surface area (Å²) in [7, 11) is 4.30. The Hall–Kier alpha value is -0.970. The van der Waals surface area contributed by atoms with Gasteiger partial charge in [-0.1, -0.05) is 6.07 Å². The molecule has 0 amide bonds. The second-order valence-corrected chi connectivity index (χ2v) is 7.08. The maximum Gasteiger partial charge on any atom is 0.0682 e. The summed E-state index contributed by atoms with van der Waals surface area (Å²) >= 11 is 2.01. The van der Waals surface area contributed by atoms with Crippen molar-refractivity contribution in [2.75, 3.05) is 20.1 Å². The van der Waals surface area contributed by atoms with Gasteiger partial charge in [-0.05, 0) is 50.7 Å². The van der Waals surface area contributed by atoms with Crippen LogP contribution in [0.25, 0.3) is 10.9 Å². The Bertz CT molecular complexity index is 600. The predicted octanol–water partition coefficient (Wildman–Crippen LogP) is 2.86. The van der Waals surface area contributed by atoms with Crippen LogP contribution >= 0.6 is 11.8 Å². The Kier molecular flexibility index (Phi) is 4.06. The van der Waals surface area contributed by atoms with E-state index in [1.165, 1.54) is 41.7 Å². The first kappa shape index (κ1) is 14.0. The molecule has 1 N–H and O–H groups in total. The number of benzene rings is 1. The smallest absolute Gasteiger partial charge is 0.0682 e. The SMILES string of the molecule is CN1CCC(Sc2cn(C)c3ccc(CO)cc23)CC1. The van der Waals surface area contributed by atoms with Gasteiger partial charge in [0.15, 0.2) is 0 Å². The Morgan fingerprint density at radius 1 is 1.25 bits per heavy atom. The first-order valence-corrected chi connectivity index (χ1v) is 8.09. The van der Waals surface area contributed by atoms with Gasteiger partial charge in [-0.25, -0.2) is 0 Å². The predicted molar refractivity (Wildman–Crippen MR) is 85.2 cm³/mol. The lowest BCUT2D eigenvalue weighted by Gasteiger charge is -2.28. The fourth-order valence-corrected chi connectivity index (χ4v) is 4.19. The van der Waals surface area contributed by atoms with Crippen LogP contribution in [0.1, 0.15) is 18.4 Å². The van der Waals surface area contributed by atoms with E-state index < -0.39 is 0 Å². The second kappa shape index (κ2) is 5.80. The van der Waals surface area contributed by atoms with E-state index in [4.69, 9.17) is 0 Å². The van der Waals surface area contributed by atoms with Crippen LogP contribution in [-0.2, 0) is 13.7 Å². The van der Waals surface area contributed by atoms with E-state index in [0.717, 1.165) is 10.8 Å². The van der Waals surface area contributed by atoms with Crippen molar-refractivity contribution in [3.63, 3.8) is 0 Å². The molecule has 108 valence electrons. The highest BCUT2D eigenvalue weighted by Crippen LogP contribution is 2.36. The Labute approximate surface area is 124 Å². The molecule has 1 fully saturated rings. The van der Waals surface area contributed by atoms with Crippen LogP contribution in [0.2, 0.25) is 0 Å². The third kappa shape index (κ3) is 2.73. The molecule has 1 aromatic carbocycles. The maximum absolute atomic E-state index is 9.33. The summed E-state index contributed by atoms with van der Waals surface area (Å²) in [6, 6.07) is 6.25. The minimum atomic E-state index is 0.114. The average Bonchev–Trinajstić information content (AvgIpc) is 2.77. The highest BCUT2D eigenvalue weighted by atomic mass is 32.2. The van der Waals surface area contributed by atoms with E-state index in [-0.39, 0.29) is 6.61 Å². The number of fused-ring (bicyclic) bond motifs is 1. The van der Waals surface area contributed by atoms with Crippen molar-refractivity contribution >= 4 is 22.7 Å². The van der Waals surface area contributed by atoms with Crippen LogP contribution in [0.15, 0.2) is 29.3 Å². The number of piperidine rings is 1. The van der Waals surface area contributed by atoms with E-state index in [1.807, 2.05) is 17.8 Å². The van der Waals surface area contributed by atoms with Crippen LogP contribution in [0.4, 0.5) is 0 Å². The third-order valence-corrected chi connectivity index (χ3v) is 5.54. The lowest BCUT2D eigenvalue weighted by Crippen LogP contribution is -2.31. The van der Waals surface area contributed by atoms with Crippen LogP contribution < -0.4 is 0 Å². The molecular weight excluding hydrogens is 268 g/mol. The standard InChI is InChI=1S/C16H22N2OS/c1-17-7-5-13(6-8-17)20-16-10-18(2)15-4-3-12(11-19)9-14(15)16/h3-4,9-10,13,19H,5-8,11H2,1-2H3. The number of hydrogen-bond acceptors (Lipinski definition) is 3. The summed E-state index contributed by atoms with van der Waals surface area (Å²) in [5.41, 5.74) is 2.24. The van der Waals surface area contributed by atoms with Crippen molar-refractivity contribution in [1.82, 2.24) is 9.47 Å². The highest BCUT2D eigenvalue weighted by molar-refractivity contribution is 8.00. The fourth-order valence-electron chi connectivity index (χ4n) is 2.88. The molecule has 0 atom stereocenters. The molecule has 3 nitrogen and oxygen atoms in total. The molecule has 0 unspecified atom stereocenters. The van der Waals surface area contributed by atoms with Crippen molar-refractivity contribution in [2.45, 2.75) is 29.6 Å². The zero-order valence-corrected chi connectivity index (χ0v) is 13.0. The van der Waals surface area contributed by atoms with Crippen molar-refractivity contribution in [1.29, 1.82) is 0 Å². The number of rotatable bonds is 3.